The van der Waals surface area contributed by atoms with Gasteiger partial charge in [0, 0.05) is 18.0 Å². The largest absolute Gasteiger partial charge is 0.481 e. The molecule has 0 amide bonds. The molecule has 3 rings (SSSR count). The van der Waals surface area contributed by atoms with Gasteiger partial charge in [-0.15, -0.1) is 11.3 Å². The van der Waals surface area contributed by atoms with Crippen molar-refractivity contribution in [3.05, 3.63) is 53.4 Å². The van der Waals surface area contributed by atoms with Crippen LogP contribution in [0.25, 0.3) is 11.5 Å². The molecule has 19 heavy (non-hydrogen) atoms. The van der Waals surface area contributed by atoms with Crippen LogP contribution in [0.5, 0.6) is 5.95 Å². The number of hydrogen-bond acceptors (Lipinski definition) is 5. The van der Waals surface area contributed by atoms with E-state index in [4.69, 9.17) is 9.52 Å². The molecule has 0 saturated heterocycles. The highest BCUT2D eigenvalue weighted by molar-refractivity contribution is 7.14. The van der Waals surface area contributed by atoms with E-state index in [0.717, 1.165) is 17.4 Å². The Morgan fingerprint density at radius 1 is 1.16 bits per heavy atom. The van der Waals surface area contributed by atoms with E-state index in [1.807, 2.05) is 23.6 Å². The van der Waals surface area contributed by atoms with E-state index in [-0.39, 0.29) is 5.95 Å². The first-order valence-corrected chi connectivity index (χ1v) is 6.72. The number of rotatable bonds is 4. The van der Waals surface area contributed by atoms with Crippen LogP contribution >= 0.6 is 11.3 Å². The number of benzene rings is 1. The Bertz CT molecular complexity index is 661. The number of thiazole rings is 1. The quantitative estimate of drug-likeness (QED) is 0.760. The van der Waals surface area contributed by atoms with Crippen LogP contribution in [0.2, 0.25) is 0 Å². The molecule has 0 aliphatic heterocycles. The molecule has 0 bridgehead atoms. The minimum atomic E-state index is -0.0956. The van der Waals surface area contributed by atoms with Gasteiger partial charge >= 0.3 is 0 Å². The fourth-order valence-corrected chi connectivity index (χ4v) is 2.41. The molecule has 3 aromatic rings. The summed E-state index contributed by atoms with van der Waals surface area (Å²) in [5, 5.41) is 15.2. The van der Waals surface area contributed by atoms with Gasteiger partial charge in [0.2, 0.25) is 0 Å². The maximum atomic E-state index is 9.17. The van der Waals surface area contributed by atoms with Crippen molar-refractivity contribution in [2.24, 2.45) is 0 Å². The number of aromatic hydroxyl groups is 1. The highest BCUT2D eigenvalue weighted by Crippen LogP contribution is 2.28. The fourth-order valence-electron chi connectivity index (χ4n) is 1.71. The number of nitrogens with one attached hydrogen (secondary N) is 1. The Balaban J connectivity index is 1.68. The number of aromatic nitrogens is 1. The van der Waals surface area contributed by atoms with Crippen LogP contribution < -0.4 is 5.32 Å². The minimum Gasteiger partial charge on any atom is -0.481 e. The first-order chi connectivity index (χ1) is 9.31. The molecule has 0 unspecified atom stereocenters. The summed E-state index contributed by atoms with van der Waals surface area (Å²) >= 11 is 1.51. The van der Waals surface area contributed by atoms with Gasteiger partial charge < -0.3 is 14.8 Å². The van der Waals surface area contributed by atoms with Crippen LogP contribution in [-0.4, -0.2) is 10.1 Å². The topological polar surface area (TPSA) is 58.3 Å². The number of furan rings is 1. The summed E-state index contributed by atoms with van der Waals surface area (Å²) in [7, 11) is 0. The second-order valence-corrected chi connectivity index (χ2v) is 4.87. The number of hydrogen-bond donors (Lipinski definition) is 2. The molecule has 0 aliphatic carbocycles. The smallest absolute Gasteiger partial charge is 0.282 e. The number of nitrogens with zero attached hydrogens (tertiary/aromatic N) is 1. The summed E-state index contributed by atoms with van der Waals surface area (Å²) in [6.45, 7) is 0.733. The van der Waals surface area contributed by atoms with Gasteiger partial charge in [-0.1, -0.05) is 30.3 Å². The summed E-state index contributed by atoms with van der Waals surface area (Å²) in [4.78, 5) is 4.41. The van der Waals surface area contributed by atoms with Crippen molar-refractivity contribution in [3.8, 4) is 17.4 Å². The highest BCUT2D eigenvalue weighted by atomic mass is 32.1. The lowest BCUT2D eigenvalue weighted by Gasteiger charge is -2.01. The molecule has 2 N–H and O–H groups in total. The molecule has 0 atom stereocenters. The average molecular weight is 272 g/mol. The lowest BCUT2D eigenvalue weighted by Crippen LogP contribution is -1.98. The molecular formula is C14H12N2O2S. The third-order valence-corrected chi connectivity index (χ3v) is 3.44. The molecule has 0 aliphatic rings. The Morgan fingerprint density at radius 3 is 2.74 bits per heavy atom. The molecule has 1 aromatic carbocycles. The molecule has 2 heterocycles. The summed E-state index contributed by atoms with van der Waals surface area (Å²) < 4.78 is 5.12. The van der Waals surface area contributed by atoms with Gasteiger partial charge in [0.1, 0.15) is 5.69 Å². The van der Waals surface area contributed by atoms with Crippen molar-refractivity contribution < 1.29 is 9.52 Å². The zero-order valence-electron chi connectivity index (χ0n) is 10.0. The predicted molar refractivity (Wildman–Crippen MR) is 75.2 cm³/mol. The van der Waals surface area contributed by atoms with Gasteiger partial charge in [0.15, 0.2) is 10.9 Å². The van der Waals surface area contributed by atoms with Crippen molar-refractivity contribution in [1.82, 2.24) is 4.98 Å². The van der Waals surface area contributed by atoms with Crippen LogP contribution in [0.3, 0.4) is 0 Å². The normalized spacial score (nSPS) is 10.5. The Labute approximate surface area is 114 Å². The molecule has 0 spiro atoms. The van der Waals surface area contributed by atoms with E-state index in [1.54, 1.807) is 6.07 Å². The van der Waals surface area contributed by atoms with Crippen molar-refractivity contribution in [2.45, 2.75) is 6.54 Å². The van der Waals surface area contributed by atoms with Gasteiger partial charge in [0.05, 0.1) is 0 Å². The minimum absolute atomic E-state index is 0.0956. The van der Waals surface area contributed by atoms with Crippen LogP contribution in [0.1, 0.15) is 5.56 Å². The van der Waals surface area contributed by atoms with Crippen LogP contribution in [0, 0.1) is 0 Å². The van der Waals surface area contributed by atoms with Gasteiger partial charge in [-0.3, -0.25) is 0 Å². The predicted octanol–water partition coefficient (Wildman–Crippen LogP) is 3.72. The highest BCUT2D eigenvalue weighted by Gasteiger charge is 2.08. The van der Waals surface area contributed by atoms with Crippen LogP contribution in [0.4, 0.5) is 5.13 Å². The maximum absolute atomic E-state index is 9.17. The SMILES string of the molecule is Oc1ccc(-c2csc(NCc3ccccc3)n2)o1. The third-order valence-electron chi connectivity index (χ3n) is 2.64. The molecular weight excluding hydrogens is 260 g/mol. The fraction of sp³-hybridized carbons (Fsp3) is 0.0714. The van der Waals surface area contributed by atoms with E-state index in [0.29, 0.717) is 5.76 Å². The van der Waals surface area contributed by atoms with E-state index in [2.05, 4.69) is 22.4 Å². The molecule has 0 fully saturated rings. The first-order valence-electron chi connectivity index (χ1n) is 5.84. The van der Waals surface area contributed by atoms with Gasteiger partial charge in [-0.2, -0.15) is 0 Å². The second-order valence-electron chi connectivity index (χ2n) is 4.01. The Morgan fingerprint density at radius 2 is 2.00 bits per heavy atom. The molecule has 5 heteroatoms. The first kappa shape index (κ1) is 11.8. The van der Waals surface area contributed by atoms with Crippen LogP contribution in [-0.2, 0) is 6.54 Å². The van der Waals surface area contributed by atoms with E-state index in [9.17, 15) is 0 Å². The van der Waals surface area contributed by atoms with Crippen molar-refractivity contribution in [2.75, 3.05) is 5.32 Å². The van der Waals surface area contributed by atoms with Crippen molar-refractivity contribution in [3.63, 3.8) is 0 Å². The van der Waals surface area contributed by atoms with Crippen molar-refractivity contribution >= 4 is 16.5 Å². The third kappa shape index (κ3) is 2.77. The summed E-state index contributed by atoms with van der Waals surface area (Å²) in [6.07, 6.45) is 0. The summed E-state index contributed by atoms with van der Waals surface area (Å²) in [5.74, 6) is 0.475. The van der Waals surface area contributed by atoms with E-state index in [1.165, 1.54) is 23.0 Å². The molecule has 4 nitrogen and oxygen atoms in total. The zero-order valence-corrected chi connectivity index (χ0v) is 10.9. The Hall–Kier alpha value is -2.27. The lowest BCUT2D eigenvalue weighted by atomic mass is 10.2. The van der Waals surface area contributed by atoms with Gasteiger partial charge in [-0.25, -0.2) is 4.98 Å². The lowest BCUT2D eigenvalue weighted by molar-refractivity contribution is 0.337. The monoisotopic (exact) mass is 272 g/mol. The zero-order chi connectivity index (χ0) is 13.1. The molecule has 2 aromatic heterocycles. The molecule has 0 saturated carbocycles. The maximum Gasteiger partial charge on any atom is 0.282 e. The summed E-state index contributed by atoms with van der Waals surface area (Å²) in [6, 6.07) is 13.3. The standard InChI is InChI=1S/C14H12N2O2S/c17-13-7-6-12(18-13)11-9-19-14(16-11)15-8-10-4-2-1-3-5-10/h1-7,9,17H,8H2,(H,15,16). The van der Waals surface area contributed by atoms with Crippen molar-refractivity contribution in [1.29, 1.82) is 0 Å². The molecule has 96 valence electrons. The van der Waals surface area contributed by atoms with Crippen LogP contribution in [0.15, 0.2) is 52.3 Å². The second kappa shape index (κ2) is 5.16. The van der Waals surface area contributed by atoms with E-state index >= 15 is 0 Å². The molecule has 0 radical (unpaired) electrons. The average Bonchev–Trinajstić information content (AvgIpc) is 3.06. The van der Waals surface area contributed by atoms with Gasteiger partial charge in [-0.05, 0) is 11.6 Å². The Kier molecular flexibility index (Phi) is 3.20. The number of anilines is 1. The summed E-state index contributed by atoms with van der Waals surface area (Å²) in [5.41, 5.74) is 1.93. The van der Waals surface area contributed by atoms with E-state index < -0.39 is 0 Å². The van der Waals surface area contributed by atoms with Gasteiger partial charge in [0.25, 0.3) is 5.95 Å².